The Morgan fingerprint density at radius 2 is 1.94 bits per heavy atom. The van der Waals surface area contributed by atoms with E-state index in [9.17, 15) is 13.5 Å². The minimum absolute atomic E-state index is 0.212. The number of hydrogen-bond acceptors (Lipinski definition) is 4. The highest BCUT2D eigenvalue weighted by Crippen LogP contribution is 2.25. The van der Waals surface area contributed by atoms with Crippen molar-refractivity contribution in [3.8, 4) is 5.75 Å². The maximum atomic E-state index is 11.4. The number of phenols is 1. The molecule has 0 amide bonds. The third kappa shape index (κ3) is 2.91. The Labute approximate surface area is 102 Å². The normalized spacial score (nSPS) is 18.3. The van der Waals surface area contributed by atoms with Crippen LogP contribution in [0, 0.1) is 0 Å². The third-order valence-corrected chi connectivity index (χ3v) is 4.92. The molecule has 1 aliphatic heterocycles. The molecule has 4 nitrogen and oxygen atoms in total. The van der Waals surface area contributed by atoms with Crippen LogP contribution in [0.4, 0.5) is 5.69 Å². The number of benzene rings is 1. The summed E-state index contributed by atoms with van der Waals surface area (Å²) in [7, 11) is -2.92. The zero-order chi connectivity index (χ0) is 12.5. The summed E-state index contributed by atoms with van der Waals surface area (Å²) in [5, 5.41) is 9.19. The molecule has 1 aliphatic rings. The van der Waals surface area contributed by atoms with E-state index in [0.717, 1.165) is 18.8 Å². The molecule has 17 heavy (non-hydrogen) atoms. The number of aromatic hydroxyl groups is 1. The van der Waals surface area contributed by atoms with Crippen molar-refractivity contribution in [1.82, 2.24) is 0 Å². The SMILES string of the molecule is CS(=O)(=O)C1CCN(c2cccc(O)c2)CC1. The standard InChI is InChI=1S/C12H17NO3S/c1-17(15,16)12-5-7-13(8-6-12)10-3-2-4-11(14)9-10/h2-4,9,12,14H,5-8H2,1H3. The van der Waals surface area contributed by atoms with Crippen LogP contribution >= 0.6 is 0 Å². The predicted molar refractivity (Wildman–Crippen MR) is 68.2 cm³/mol. The molecule has 1 fully saturated rings. The Morgan fingerprint density at radius 1 is 1.29 bits per heavy atom. The lowest BCUT2D eigenvalue weighted by Gasteiger charge is -2.32. The largest absolute Gasteiger partial charge is 0.508 e. The first-order chi connectivity index (χ1) is 7.97. The van der Waals surface area contributed by atoms with Crippen LogP contribution in [0.2, 0.25) is 0 Å². The Morgan fingerprint density at radius 3 is 2.47 bits per heavy atom. The van der Waals surface area contributed by atoms with Gasteiger partial charge in [0.25, 0.3) is 0 Å². The average Bonchev–Trinajstić information content (AvgIpc) is 2.28. The van der Waals surface area contributed by atoms with E-state index in [-0.39, 0.29) is 11.0 Å². The van der Waals surface area contributed by atoms with Gasteiger partial charge in [-0.1, -0.05) is 6.07 Å². The van der Waals surface area contributed by atoms with Crippen molar-refractivity contribution in [3.05, 3.63) is 24.3 Å². The second kappa shape index (κ2) is 4.56. The van der Waals surface area contributed by atoms with Crippen molar-refractivity contribution < 1.29 is 13.5 Å². The lowest BCUT2D eigenvalue weighted by molar-refractivity contribution is 0.474. The van der Waals surface area contributed by atoms with Gasteiger partial charge in [-0.05, 0) is 25.0 Å². The number of sulfone groups is 1. The highest BCUT2D eigenvalue weighted by molar-refractivity contribution is 7.91. The molecule has 0 aromatic heterocycles. The molecule has 1 aromatic rings. The van der Waals surface area contributed by atoms with Crippen LogP contribution in [0.25, 0.3) is 0 Å². The molecule has 1 saturated heterocycles. The van der Waals surface area contributed by atoms with Gasteiger partial charge in [0.05, 0.1) is 5.25 Å². The molecular formula is C12H17NO3S. The van der Waals surface area contributed by atoms with Crippen molar-refractivity contribution in [2.75, 3.05) is 24.2 Å². The molecule has 1 heterocycles. The van der Waals surface area contributed by atoms with E-state index in [1.54, 1.807) is 18.2 Å². The van der Waals surface area contributed by atoms with Gasteiger partial charge in [0.2, 0.25) is 0 Å². The van der Waals surface area contributed by atoms with Crippen LogP contribution in [-0.2, 0) is 9.84 Å². The molecule has 0 saturated carbocycles. The molecular weight excluding hydrogens is 238 g/mol. The summed E-state index contributed by atoms with van der Waals surface area (Å²) in [4.78, 5) is 2.11. The molecule has 0 unspecified atom stereocenters. The number of rotatable bonds is 2. The molecule has 94 valence electrons. The maximum absolute atomic E-state index is 11.4. The summed E-state index contributed by atoms with van der Waals surface area (Å²) in [6.45, 7) is 1.45. The van der Waals surface area contributed by atoms with Crippen molar-refractivity contribution >= 4 is 15.5 Å². The lowest BCUT2D eigenvalue weighted by atomic mass is 10.1. The topological polar surface area (TPSA) is 57.6 Å². The summed E-state index contributed by atoms with van der Waals surface area (Å²) < 4.78 is 22.9. The second-order valence-electron chi connectivity index (χ2n) is 4.54. The molecule has 0 bridgehead atoms. The smallest absolute Gasteiger partial charge is 0.150 e. The number of piperidine rings is 1. The second-order valence-corrected chi connectivity index (χ2v) is 6.86. The van der Waals surface area contributed by atoms with Gasteiger partial charge in [-0.25, -0.2) is 8.42 Å². The van der Waals surface area contributed by atoms with E-state index in [1.165, 1.54) is 6.26 Å². The van der Waals surface area contributed by atoms with Gasteiger partial charge in [-0.2, -0.15) is 0 Å². The van der Waals surface area contributed by atoms with Gasteiger partial charge in [0.15, 0.2) is 0 Å². The third-order valence-electron chi connectivity index (χ3n) is 3.24. The fourth-order valence-electron chi connectivity index (χ4n) is 2.23. The summed E-state index contributed by atoms with van der Waals surface area (Å²) in [6.07, 6.45) is 2.63. The zero-order valence-corrected chi connectivity index (χ0v) is 10.7. The predicted octanol–water partition coefficient (Wildman–Crippen LogP) is 1.41. The Kier molecular flexibility index (Phi) is 3.28. The van der Waals surface area contributed by atoms with Gasteiger partial charge in [-0.3, -0.25) is 0 Å². The molecule has 0 spiro atoms. The maximum Gasteiger partial charge on any atom is 0.150 e. The van der Waals surface area contributed by atoms with E-state index in [1.807, 2.05) is 6.07 Å². The zero-order valence-electron chi connectivity index (χ0n) is 9.83. The summed E-state index contributed by atoms with van der Waals surface area (Å²) >= 11 is 0. The summed E-state index contributed by atoms with van der Waals surface area (Å²) in [6, 6.07) is 7.07. The van der Waals surface area contributed by atoms with Crippen LogP contribution in [0.1, 0.15) is 12.8 Å². The van der Waals surface area contributed by atoms with E-state index in [0.29, 0.717) is 12.8 Å². The minimum Gasteiger partial charge on any atom is -0.508 e. The molecule has 0 atom stereocenters. The number of anilines is 1. The first kappa shape index (κ1) is 12.2. The molecule has 1 aromatic carbocycles. The minimum atomic E-state index is -2.92. The first-order valence-electron chi connectivity index (χ1n) is 5.69. The van der Waals surface area contributed by atoms with Gasteiger partial charge >= 0.3 is 0 Å². The number of hydrogen-bond donors (Lipinski definition) is 1. The van der Waals surface area contributed by atoms with Gasteiger partial charge < -0.3 is 10.0 Å². The van der Waals surface area contributed by atoms with Crippen molar-refractivity contribution in [2.24, 2.45) is 0 Å². The number of nitrogens with zero attached hydrogens (tertiary/aromatic N) is 1. The van der Waals surface area contributed by atoms with Crippen LogP contribution in [0.5, 0.6) is 5.75 Å². The molecule has 0 aliphatic carbocycles. The summed E-state index contributed by atoms with van der Waals surface area (Å²) in [5.41, 5.74) is 0.956. The lowest BCUT2D eigenvalue weighted by Crippen LogP contribution is -2.38. The quantitative estimate of drug-likeness (QED) is 0.868. The summed E-state index contributed by atoms with van der Waals surface area (Å²) in [5.74, 6) is 0.243. The monoisotopic (exact) mass is 255 g/mol. The highest BCUT2D eigenvalue weighted by atomic mass is 32.2. The fraction of sp³-hybridized carbons (Fsp3) is 0.500. The molecule has 1 N–H and O–H groups in total. The van der Waals surface area contributed by atoms with Crippen LogP contribution < -0.4 is 4.90 Å². The van der Waals surface area contributed by atoms with Crippen LogP contribution in [-0.4, -0.2) is 38.1 Å². The Hall–Kier alpha value is -1.23. The first-order valence-corrected chi connectivity index (χ1v) is 7.65. The molecule has 2 rings (SSSR count). The van der Waals surface area contributed by atoms with Crippen molar-refractivity contribution in [1.29, 1.82) is 0 Å². The molecule has 0 radical (unpaired) electrons. The van der Waals surface area contributed by atoms with Gasteiger partial charge in [-0.15, -0.1) is 0 Å². The van der Waals surface area contributed by atoms with Crippen LogP contribution in [0.3, 0.4) is 0 Å². The number of phenolic OH excluding ortho intramolecular Hbond substituents is 1. The van der Waals surface area contributed by atoms with E-state index in [2.05, 4.69) is 4.90 Å². The van der Waals surface area contributed by atoms with Crippen molar-refractivity contribution in [3.63, 3.8) is 0 Å². The van der Waals surface area contributed by atoms with Crippen molar-refractivity contribution in [2.45, 2.75) is 18.1 Å². The van der Waals surface area contributed by atoms with E-state index < -0.39 is 9.84 Å². The highest BCUT2D eigenvalue weighted by Gasteiger charge is 2.26. The van der Waals surface area contributed by atoms with E-state index >= 15 is 0 Å². The Balaban J connectivity index is 2.05. The van der Waals surface area contributed by atoms with Crippen LogP contribution in [0.15, 0.2) is 24.3 Å². The van der Waals surface area contributed by atoms with Gasteiger partial charge in [0.1, 0.15) is 15.6 Å². The molecule has 5 heteroatoms. The van der Waals surface area contributed by atoms with Gasteiger partial charge in [0, 0.05) is 31.1 Å². The Bertz CT molecular complexity index is 490. The fourth-order valence-corrected chi connectivity index (χ4v) is 3.30. The van der Waals surface area contributed by atoms with E-state index in [4.69, 9.17) is 0 Å². The average molecular weight is 255 g/mol.